The van der Waals surface area contributed by atoms with Gasteiger partial charge in [0, 0.05) is 47.2 Å². The number of nitro groups is 1. The maximum atomic E-state index is 14.3. The Labute approximate surface area is 386 Å². The number of ether oxygens (including phenoxy) is 7. The third-order valence-electron chi connectivity index (χ3n) is 11.1. The van der Waals surface area contributed by atoms with Crippen LogP contribution >= 0.6 is 0 Å². The summed E-state index contributed by atoms with van der Waals surface area (Å²) in [5.41, 5.74) is -1.85. The third-order valence-corrected chi connectivity index (χ3v) is 11.1. The van der Waals surface area contributed by atoms with Gasteiger partial charge >= 0.3 is 35.5 Å². The summed E-state index contributed by atoms with van der Waals surface area (Å²) in [6, 6.07) is 4.33. The molecule has 1 aromatic rings. The highest BCUT2D eigenvalue weighted by Gasteiger charge is 2.59. The van der Waals surface area contributed by atoms with Crippen molar-refractivity contribution in [1.82, 2.24) is 19.4 Å². The maximum Gasteiger partial charge on any atom is 0.366 e. The fraction of sp³-hybridized carbons (Fsp3) is 0.622. The summed E-state index contributed by atoms with van der Waals surface area (Å²) in [7, 11) is 0.973. The SMILES string of the molecule is CCCCCCCCCCCCn1c2nc(=O)n(CCO[C@]3(C(=O)OC)C[C@H](OC(C)=O)[C@@H](NC(C)=O)[C@H]([C@H](OC(C)=O)[C@@H](COC(C)=O)OC(C)=O)O3)c(=O)c-2cc2c([N+](=O)[O-])cccc21. The summed E-state index contributed by atoms with van der Waals surface area (Å²) in [5, 5.41) is 14.9. The first kappa shape index (κ1) is 53.3. The summed E-state index contributed by atoms with van der Waals surface area (Å²) in [4.78, 5) is 120. The van der Waals surface area contributed by atoms with E-state index in [4.69, 9.17) is 33.2 Å². The lowest BCUT2D eigenvalue weighted by atomic mass is 9.88. The molecular weight excluding hydrogens is 883 g/mol. The molecule has 1 fully saturated rings. The molecule has 22 nitrogen and oxygen atoms in total. The molecule has 1 saturated heterocycles. The van der Waals surface area contributed by atoms with Crippen LogP contribution in [-0.4, -0.2) is 111 Å². The van der Waals surface area contributed by atoms with Crippen LogP contribution < -0.4 is 16.6 Å². The van der Waals surface area contributed by atoms with Crippen LogP contribution in [0.1, 0.15) is 112 Å². The minimum absolute atomic E-state index is 0.0152. The molecule has 0 unspecified atom stereocenters. The van der Waals surface area contributed by atoms with Crippen LogP contribution in [0.4, 0.5) is 5.69 Å². The Kier molecular flexibility index (Phi) is 19.9. The molecule has 368 valence electrons. The number of fused-ring (bicyclic) bond motifs is 2. The van der Waals surface area contributed by atoms with Crippen molar-refractivity contribution in [2.24, 2.45) is 0 Å². The van der Waals surface area contributed by atoms with Crippen LogP contribution in [0.2, 0.25) is 0 Å². The second-order valence-electron chi connectivity index (χ2n) is 16.3. The summed E-state index contributed by atoms with van der Waals surface area (Å²) >= 11 is 0. The molecule has 0 aromatic heterocycles. The number of nitrogens with one attached hydrogen (secondary N) is 1. The van der Waals surface area contributed by atoms with Gasteiger partial charge in [-0.15, -0.1) is 0 Å². The zero-order valence-corrected chi connectivity index (χ0v) is 39.0. The molecule has 1 aromatic carbocycles. The molecule has 0 aliphatic carbocycles. The fourth-order valence-electron chi connectivity index (χ4n) is 8.24. The topological polar surface area (TPSA) is 279 Å². The van der Waals surface area contributed by atoms with Crippen LogP contribution in [0.3, 0.4) is 0 Å². The zero-order chi connectivity index (χ0) is 49.4. The van der Waals surface area contributed by atoms with E-state index < -0.39 is 114 Å². The van der Waals surface area contributed by atoms with Gasteiger partial charge in [-0.1, -0.05) is 70.8 Å². The number of methoxy groups -OCH3 is 1. The number of nitro benzene ring substituents is 1. The molecule has 0 spiro atoms. The van der Waals surface area contributed by atoms with Gasteiger partial charge in [0.05, 0.1) is 54.1 Å². The highest BCUT2D eigenvalue weighted by Crippen LogP contribution is 2.37. The Morgan fingerprint density at radius 1 is 0.881 bits per heavy atom. The number of pyridine rings is 1. The number of nitrogens with zero attached hydrogens (tertiary/aromatic N) is 4. The monoisotopic (exact) mass is 943 g/mol. The average Bonchev–Trinajstić information content (AvgIpc) is 3.25. The molecule has 4 rings (SSSR count). The van der Waals surface area contributed by atoms with E-state index >= 15 is 0 Å². The average molecular weight is 944 g/mol. The van der Waals surface area contributed by atoms with Gasteiger partial charge in [0.25, 0.3) is 17.0 Å². The molecule has 1 N–H and O–H groups in total. The quantitative estimate of drug-likeness (QED) is 0.0313. The van der Waals surface area contributed by atoms with E-state index in [1.54, 1.807) is 10.6 Å². The van der Waals surface area contributed by atoms with Gasteiger partial charge in [0.1, 0.15) is 18.8 Å². The molecule has 1 amide bonds. The largest absolute Gasteiger partial charge is 0.465 e. The number of carbonyl (C=O) groups excluding carboxylic acids is 6. The Morgan fingerprint density at radius 3 is 2.09 bits per heavy atom. The van der Waals surface area contributed by atoms with E-state index in [2.05, 4.69) is 17.2 Å². The summed E-state index contributed by atoms with van der Waals surface area (Å²) in [5.74, 6) is -8.20. The molecule has 3 aliphatic heterocycles. The normalized spacial score (nSPS) is 18.9. The maximum absolute atomic E-state index is 14.3. The Bertz CT molecular complexity index is 2350. The predicted octanol–water partition coefficient (Wildman–Crippen LogP) is 4.03. The predicted molar refractivity (Wildman–Crippen MR) is 236 cm³/mol. The van der Waals surface area contributed by atoms with Crippen LogP contribution in [0, 0.1) is 10.1 Å². The van der Waals surface area contributed by atoms with E-state index in [0.29, 0.717) is 23.0 Å². The van der Waals surface area contributed by atoms with Crippen molar-refractivity contribution in [3.8, 4) is 11.4 Å². The standard InChI is InChI=1S/C45H61N5O17/c1-8-9-10-11-12-13-14-15-16-17-21-48-34-19-18-20-35(50(59)60)32(34)24-33-41(48)47-44(58)49(42(33)56)22-23-63-45(43(57)61-7)25-36(64-29(4)53)38(46-27(2)51)40(67-45)39(66-31(6)55)37(65-30(5)54)26-62-28(3)52/h18-20,24,36-40H,8-17,21-23,25-26H2,1-7H3,(H,46,51)/t36-,37+,38+,39+,40+,45+/m0/s1. The van der Waals surface area contributed by atoms with Crippen molar-refractivity contribution in [3.05, 3.63) is 55.2 Å². The van der Waals surface area contributed by atoms with Crippen LogP contribution in [0.25, 0.3) is 22.3 Å². The molecule has 3 aliphatic rings. The first-order valence-corrected chi connectivity index (χ1v) is 22.4. The summed E-state index contributed by atoms with van der Waals surface area (Å²) in [6.45, 7) is 5.69. The van der Waals surface area contributed by atoms with E-state index in [1.807, 2.05) is 0 Å². The number of aromatic nitrogens is 3. The Balaban J connectivity index is 1.75. The highest BCUT2D eigenvalue weighted by atomic mass is 16.7. The number of aryl methyl sites for hydroxylation is 1. The minimum atomic E-state index is -2.62. The smallest absolute Gasteiger partial charge is 0.366 e. The van der Waals surface area contributed by atoms with E-state index in [0.717, 1.165) is 67.4 Å². The number of benzene rings is 1. The van der Waals surface area contributed by atoms with E-state index in [-0.39, 0.29) is 22.5 Å². The first-order valence-electron chi connectivity index (χ1n) is 22.4. The molecule has 22 heteroatoms. The number of non-ortho nitro benzene ring substituents is 1. The van der Waals surface area contributed by atoms with Crippen molar-refractivity contribution < 1.29 is 66.8 Å². The van der Waals surface area contributed by atoms with Gasteiger partial charge < -0.3 is 43.0 Å². The van der Waals surface area contributed by atoms with Gasteiger partial charge in [-0.2, -0.15) is 4.98 Å². The summed E-state index contributed by atoms with van der Waals surface area (Å²) in [6.07, 6.45) is 3.11. The number of hydrogen-bond acceptors (Lipinski definition) is 18. The molecule has 0 bridgehead atoms. The lowest BCUT2D eigenvalue weighted by Gasteiger charge is -2.48. The van der Waals surface area contributed by atoms with Gasteiger partial charge in [-0.25, -0.2) is 9.59 Å². The van der Waals surface area contributed by atoms with Gasteiger partial charge in [0.15, 0.2) is 18.0 Å². The number of esters is 5. The van der Waals surface area contributed by atoms with Crippen LogP contribution in [0.15, 0.2) is 33.9 Å². The molecule has 6 atom stereocenters. The first-order chi connectivity index (χ1) is 31.8. The summed E-state index contributed by atoms with van der Waals surface area (Å²) < 4.78 is 41.4. The van der Waals surface area contributed by atoms with Crippen molar-refractivity contribution in [3.63, 3.8) is 0 Å². The second kappa shape index (κ2) is 25.0. The van der Waals surface area contributed by atoms with E-state index in [9.17, 15) is 48.5 Å². The molecular formula is C45H61N5O17. The van der Waals surface area contributed by atoms with E-state index in [1.165, 1.54) is 50.3 Å². The fourth-order valence-corrected chi connectivity index (χ4v) is 8.24. The van der Waals surface area contributed by atoms with Gasteiger partial charge in [-0.05, 0) is 18.6 Å². The number of rotatable bonds is 25. The number of unbranched alkanes of at least 4 members (excludes halogenated alkanes) is 9. The Hall–Kier alpha value is -6.29. The molecule has 0 radical (unpaired) electrons. The molecule has 3 heterocycles. The lowest BCUT2D eigenvalue weighted by Crippen LogP contribution is -2.69. The third kappa shape index (κ3) is 14.4. The highest BCUT2D eigenvalue weighted by molar-refractivity contribution is 5.92. The van der Waals surface area contributed by atoms with Gasteiger partial charge in [-0.3, -0.25) is 43.4 Å². The number of amides is 1. The van der Waals surface area contributed by atoms with Crippen molar-refractivity contribution in [1.29, 1.82) is 0 Å². The van der Waals surface area contributed by atoms with Gasteiger partial charge in [0.2, 0.25) is 5.91 Å². The molecule has 0 saturated carbocycles. The van der Waals surface area contributed by atoms with Crippen LogP contribution in [0.5, 0.6) is 0 Å². The van der Waals surface area contributed by atoms with Crippen LogP contribution in [-0.2, 0) is 75.0 Å². The minimum Gasteiger partial charge on any atom is -0.465 e. The lowest BCUT2D eigenvalue weighted by molar-refractivity contribution is -0.383. The van der Waals surface area contributed by atoms with Crippen molar-refractivity contribution in [2.45, 2.75) is 162 Å². The Morgan fingerprint density at radius 2 is 1.52 bits per heavy atom. The number of carbonyl (C=O) groups is 6. The molecule has 67 heavy (non-hydrogen) atoms. The second-order valence-corrected chi connectivity index (χ2v) is 16.3. The van der Waals surface area contributed by atoms with Crippen molar-refractivity contribution >= 4 is 52.3 Å². The zero-order valence-electron chi connectivity index (χ0n) is 39.0. The number of hydrogen-bond donors (Lipinski definition) is 1. The van der Waals surface area contributed by atoms with Crippen molar-refractivity contribution in [2.75, 3.05) is 20.3 Å².